The summed E-state index contributed by atoms with van der Waals surface area (Å²) >= 11 is 0. The van der Waals surface area contributed by atoms with E-state index < -0.39 is 0 Å². The number of likely N-dealkylation sites (tertiary alicyclic amines) is 1. The number of rotatable bonds is 5. The summed E-state index contributed by atoms with van der Waals surface area (Å²) in [5.41, 5.74) is 0. The molecule has 0 saturated carbocycles. The zero-order valence-electron chi connectivity index (χ0n) is 9.25. The topological polar surface area (TPSA) is 41.6 Å². The first-order valence-corrected chi connectivity index (χ1v) is 5.12. The Labute approximate surface area is 85.6 Å². The highest BCUT2D eigenvalue weighted by atomic mass is 16.5. The smallest absolute Gasteiger partial charge is 0.239 e. The van der Waals surface area contributed by atoms with Gasteiger partial charge in [0.15, 0.2) is 0 Å². The monoisotopic (exact) mass is 200 g/mol. The molecule has 0 aromatic heterocycles. The molecule has 1 aliphatic heterocycles. The molecular formula is C10H20N2O2. The highest BCUT2D eigenvalue weighted by molar-refractivity contribution is 5.83. The Hall–Kier alpha value is -0.610. The van der Waals surface area contributed by atoms with Gasteiger partial charge in [0.05, 0.1) is 6.04 Å². The molecule has 0 aromatic rings. The van der Waals surface area contributed by atoms with Crippen molar-refractivity contribution in [3.8, 4) is 0 Å². The molecule has 1 saturated heterocycles. The minimum atomic E-state index is 0.0271. The van der Waals surface area contributed by atoms with Crippen LogP contribution in [0.25, 0.3) is 0 Å². The fourth-order valence-electron chi connectivity index (χ4n) is 1.70. The molecule has 1 amide bonds. The van der Waals surface area contributed by atoms with Crippen LogP contribution >= 0.6 is 0 Å². The van der Waals surface area contributed by atoms with Crippen LogP contribution < -0.4 is 5.32 Å². The molecule has 0 bridgehead atoms. The minimum absolute atomic E-state index is 0.0271. The number of methoxy groups -OCH3 is 1. The summed E-state index contributed by atoms with van der Waals surface area (Å²) in [6.45, 7) is 4.57. The normalized spacial score (nSPS) is 24.4. The summed E-state index contributed by atoms with van der Waals surface area (Å²) in [4.78, 5) is 13.3. The molecule has 14 heavy (non-hydrogen) atoms. The first-order valence-electron chi connectivity index (χ1n) is 5.12. The third-order valence-corrected chi connectivity index (χ3v) is 2.59. The fourth-order valence-corrected chi connectivity index (χ4v) is 1.70. The van der Waals surface area contributed by atoms with Crippen molar-refractivity contribution < 1.29 is 9.53 Å². The predicted molar refractivity (Wildman–Crippen MR) is 55.1 cm³/mol. The second kappa shape index (κ2) is 5.32. The Morgan fingerprint density at radius 2 is 2.43 bits per heavy atom. The van der Waals surface area contributed by atoms with Crippen LogP contribution in [0.15, 0.2) is 0 Å². The summed E-state index contributed by atoms with van der Waals surface area (Å²) in [6, 6.07) is 0.0271. The predicted octanol–water partition coefficient (Wildman–Crippen LogP) is 0.0892. The lowest BCUT2D eigenvalue weighted by molar-refractivity contribution is -0.128. The van der Waals surface area contributed by atoms with Crippen LogP contribution in [0.3, 0.4) is 0 Å². The molecule has 1 N–H and O–H groups in total. The number of hydrogen-bond acceptors (Lipinski definition) is 3. The number of likely N-dealkylation sites (N-methyl/N-ethyl adjacent to an activating group) is 1. The van der Waals surface area contributed by atoms with Crippen LogP contribution in [0.1, 0.15) is 13.3 Å². The molecule has 4 heteroatoms. The van der Waals surface area contributed by atoms with E-state index in [1.165, 1.54) is 0 Å². The van der Waals surface area contributed by atoms with E-state index in [1.807, 2.05) is 7.05 Å². The van der Waals surface area contributed by atoms with Gasteiger partial charge in [-0.05, 0) is 12.3 Å². The Morgan fingerprint density at radius 3 is 2.93 bits per heavy atom. The number of nitrogens with zero attached hydrogens (tertiary/aromatic N) is 1. The van der Waals surface area contributed by atoms with Crippen molar-refractivity contribution in [3.05, 3.63) is 0 Å². The quantitative estimate of drug-likeness (QED) is 0.684. The molecule has 0 aromatic carbocycles. The number of carbonyl (C=O) groups excluding carboxylic acids is 1. The molecule has 1 aliphatic rings. The zero-order chi connectivity index (χ0) is 10.6. The minimum Gasteiger partial charge on any atom is -0.384 e. The molecule has 0 radical (unpaired) electrons. The maximum Gasteiger partial charge on any atom is 0.239 e. The largest absolute Gasteiger partial charge is 0.384 e. The number of nitrogens with one attached hydrogen (secondary N) is 1. The van der Waals surface area contributed by atoms with Gasteiger partial charge in [-0.1, -0.05) is 6.92 Å². The Balaban J connectivity index is 2.22. The van der Waals surface area contributed by atoms with E-state index in [0.717, 1.165) is 26.1 Å². The summed E-state index contributed by atoms with van der Waals surface area (Å²) in [6.07, 6.45) is 0.926. The van der Waals surface area contributed by atoms with Gasteiger partial charge in [-0.2, -0.15) is 0 Å². The molecule has 0 aliphatic carbocycles. The third-order valence-electron chi connectivity index (χ3n) is 2.59. The van der Waals surface area contributed by atoms with Crippen molar-refractivity contribution in [1.29, 1.82) is 0 Å². The van der Waals surface area contributed by atoms with Crippen LogP contribution in [0, 0.1) is 5.92 Å². The van der Waals surface area contributed by atoms with E-state index in [-0.39, 0.29) is 11.9 Å². The lowest BCUT2D eigenvalue weighted by atomic mass is 10.1. The second-order valence-electron chi connectivity index (χ2n) is 4.07. The van der Waals surface area contributed by atoms with Crippen molar-refractivity contribution in [2.75, 3.05) is 33.9 Å². The highest BCUT2D eigenvalue weighted by Gasteiger charge is 2.28. The zero-order valence-corrected chi connectivity index (χ0v) is 9.25. The van der Waals surface area contributed by atoms with E-state index in [4.69, 9.17) is 4.74 Å². The van der Waals surface area contributed by atoms with E-state index >= 15 is 0 Å². The number of carbonyl (C=O) groups is 1. The van der Waals surface area contributed by atoms with E-state index in [1.54, 1.807) is 12.0 Å². The van der Waals surface area contributed by atoms with Crippen molar-refractivity contribution in [2.45, 2.75) is 19.4 Å². The van der Waals surface area contributed by atoms with Gasteiger partial charge in [0, 0.05) is 33.9 Å². The van der Waals surface area contributed by atoms with Crippen LogP contribution in [-0.2, 0) is 9.53 Å². The SMILES string of the molecule is COCC(C)CNC1CCN(C)C1=O. The average molecular weight is 200 g/mol. The maximum absolute atomic E-state index is 11.5. The summed E-state index contributed by atoms with van der Waals surface area (Å²) in [5.74, 6) is 0.674. The summed E-state index contributed by atoms with van der Waals surface area (Å²) < 4.78 is 5.03. The van der Waals surface area contributed by atoms with Gasteiger partial charge in [-0.25, -0.2) is 0 Å². The molecule has 4 nitrogen and oxygen atoms in total. The Morgan fingerprint density at radius 1 is 1.71 bits per heavy atom. The molecule has 2 unspecified atom stereocenters. The second-order valence-corrected chi connectivity index (χ2v) is 4.07. The molecule has 82 valence electrons. The Bertz CT molecular complexity index is 197. The summed E-state index contributed by atoms with van der Waals surface area (Å²) in [5, 5.41) is 3.28. The first-order chi connectivity index (χ1) is 6.65. The molecule has 0 spiro atoms. The van der Waals surface area contributed by atoms with E-state index in [9.17, 15) is 4.79 Å². The van der Waals surface area contributed by atoms with Gasteiger partial charge in [-0.3, -0.25) is 4.79 Å². The van der Waals surface area contributed by atoms with E-state index in [0.29, 0.717) is 5.92 Å². The highest BCUT2D eigenvalue weighted by Crippen LogP contribution is 2.08. The van der Waals surface area contributed by atoms with Crippen LogP contribution in [0.2, 0.25) is 0 Å². The molecule has 1 fully saturated rings. The maximum atomic E-state index is 11.5. The van der Waals surface area contributed by atoms with Crippen LogP contribution in [0.4, 0.5) is 0 Å². The van der Waals surface area contributed by atoms with Gasteiger partial charge >= 0.3 is 0 Å². The van der Waals surface area contributed by atoms with Gasteiger partial charge < -0.3 is 15.0 Å². The van der Waals surface area contributed by atoms with Gasteiger partial charge in [-0.15, -0.1) is 0 Å². The lowest BCUT2D eigenvalue weighted by Gasteiger charge is -2.15. The van der Waals surface area contributed by atoms with Gasteiger partial charge in [0.2, 0.25) is 5.91 Å². The molecule has 2 atom stereocenters. The Kier molecular flexibility index (Phi) is 4.35. The third kappa shape index (κ3) is 2.96. The van der Waals surface area contributed by atoms with Crippen molar-refractivity contribution in [1.82, 2.24) is 10.2 Å². The van der Waals surface area contributed by atoms with Gasteiger partial charge in [0.25, 0.3) is 0 Å². The lowest BCUT2D eigenvalue weighted by Crippen LogP contribution is -2.39. The number of amides is 1. The molecule has 1 rings (SSSR count). The standard InChI is InChI=1S/C10H20N2O2/c1-8(7-14-3)6-11-9-4-5-12(2)10(9)13/h8-9,11H,4-7H2,1-3H3. The fraction of sp³-hybridized carbons (Fsp3) is 0.900. The van der Waals surface area contributed by atoms with Crippen molar-refractivity contribution >= 4 is 5.91 Å². The van der Waals surface area contributed by atoms with Crippen molar-refractivity contribution in [2.24, 2.45) is 5.92 Å². The van der Waals surface area contributed by atoms with E-state index in [2.05, 4.69) is 12.2 Å². The first kappa shape index (κ1) is 11.5. The van der Waals surface area contributed by atoms with Crippen LogP contribution in [0.5, 0.6) is 0 Å². The number of hydrogen-bond donors (Lipinski definition) is 1. The molecule has 1 heterocycles. The number of ether oxygens (including phenoxy) is 1. The van der Waals surface area contributed by atoms with Crippen LogP contribution in [-0.4, -0.2) is 50.7 Å². The van der Waals surface area contributed by atoms with Gasteiger partial charge in [0.1, 0.15) is 0 Å². The average Bonchev–Trinajstić information content (AvgIpc) is 2.46. The van der Waals surface area contributed by atoms with Crippen molar-refractivity contribution in [3.63, 3.8) is 0 Å². The molecular weight excluding hydrogens is 180 g/mol. The summed E-state index contributed by atoms with van der Waals surface area (Å²) in [7, 11) is 3.55.